The average molecular weight is 283 g/mol. The Bertz CT molecular complexity index is 707. The van der Waals surface area contributed by atoms with Gasteiger partial charge in [-0.15, -0.1) is 0 Å². The van der Waals surface area contributed by atoms with Crippen molar-refractivity contribution in [3.63, 3.8) is 0 Å². The molecule has 0 saturated heterocycles. The molecule has 2 N–H and O–H groups in total. The lowest BCUT2D eigenvalue weighted by Crippen LogP contribution is -2.31. The third-order valence-electron chi connectivity index (χ3n) is 3.73. The van der Waals surface area contributed by atoms with E-state index in [1.807, 2.05) is 18.2 Å². The molecule has 2 heterocycles. The van der Waals surface area contributed by atoms with Crippen molar-refractivity contribution in [1.29, 1.82) is 0 Å². The van der Waals surface area contributed by atoms with Gasteiger partial charge in [-0.3, -0.25) is 14.6 Å². The van der Waals surface area contributed by atoms with Crippen molar-refractivity contribution in [2.24, 2.45) is 0 Å². The van der Waals surface area contributed by atoms with Gasteiger partial charge in [0, 0.05) is 30.6 Å². The Morgan fingerprint density at radius 2 is 2.24 bits per heavy atom. The number of aromatic nitrogens is 2. The van der Waals surface area contributed by atoms with Crippen molar-refractivity contribution in [3.8, 4) is 0 Å². The number of rotatable bonds is 4. The molecular formula is C16H17N3O2. The highest BCUT2D eigenvalue weighted by molar-refractivity contribution is 5.94. The van der Waals surface area contributed by atoms with E-state index in [1.54, 1.807) is 12.3 Å². The number of pyridine rings is 2. The highest BCUT2D eigenvalue weighted by Crippen LogP contribution is 2.18. The Balaban J connectivity index is 1.65. The molecule has 0 radical (unpaired) electrons. The maximum absolute atomic E-state index is 12.1. The van der Waals surface area contributed by atoms with Crippen LogP contribution in [0.2, 0.25) is 0 Å². The van der Waals surface area contributed by atoms with Gasteiger partial charge in [-0.2, -0.15) is 0 Å². The van der Waals surface area contributed by atoms with Crippen LogP contribution in [0.25, 0.3) is 0 Å². The monoisotopic (exact) mass is 283 g/mol. The largest absolute Gasteiger partial charge is 0.351 e. The molecule has 1 aliphatic rings. The van der Waals surface area contributed by atoms with Crippen molar-refractivity contribution >= 4 is 5.91 Å². The predicted octanol–water partition coefficient (Wildman–Crippen LogP) is 1.23. The fourth-order valence-corrected chi connectivity index (χ4v) is 2.63. The zero-order chi connectivity index (χ0) is 14.7. The van der Waals surface area contributed by atoms with Crippen LogP contribution in [-0.2, 0) is 19.3 Å². The molecular weight excluding hydrogens is 266 g/mol. The lowest BCUT2D eigenvalue weighted by Gasteiger charge is -2.06. The molecule has 2 aromatic rings. The summed E-state index contributed by atoms with van der Waals surface area (Å²) >= 11 is 0. The number of nitrogens with one attached hydrogen (secondary N) is 2. The standard InChI is InChI=1S/C16H17N3O2/c20-15(18-9-7-12-5-1-2-8-17-12)13-10-11-4-3-6-14(11)19-16(13)21/h1-2,5,8,10H,3-4,6-7,9H2,(H,18,20)(H,19,21). The van der Waals surface area contributed by atoms with Crippen LogP contribution in [0, 0.1) is 0 Å². The number of nitrogens with zero attached hydrogens (tertiary/aromatic N) is 1. The number of hydrogen-bond acceptors (Lipinski definition) is 3. The second kappa shape index (κ2) is 5.91. The molecule has 5 nitrogen and oxygen atoms in total. The first-order valence-electron chi connectivity index (χ1n) is 7.17. The minimum atomic E-state index is -0.318. The molecule has 0 aliphatic heterocycles. The van der Waals surface area contributed by atoms with E-state index in [0.29, 0.717) is 13.0 Å². The molecule has 3 rings (SSSR count). The number of aromatic amines is 1. The van der Waals surface area contributed by atoms with Gasteiger partial charge in [0.1, 0.15) is 5.56 Å². The van der Waals surface area contributed by atoms with E-state index in [9.17, 15) is 9.59 Å². The predicted molar refractivity (Wildman–Crippen MR) is 79.4 cm³/mol. The molecule has 0 bridgehead atoms. The molecule has 0 spiro atoms. The van der Waals surface area contributed by atoms with Gasteiger partial charge in [-0.1, -0.05) is 6.07 Å². The summed E-state index contributed by atoms with van der Waals surface area (Å²) in [6, 6.07) is 7.41. The summed E-state index contributed by atoms with van der Waals surface area (Å²) in [7, 11) is 0. The maximum atomic E-state index is 12.1. The van der Waals surface area contributed by atoms with E-state index in [-0.39, 0.29) is 17.0 Å². The third kappa shape index (κ3) is 3.02. The molecule has 21 heavy (non-hydrogen) atoms. The Morgan fingerprint density at radius 1 is 1.33 bits per heavy atom. The van der Waals surface area contributed by atoms with Gasteiger partial charge in [0.15, 0.2) is 0 Å². The van der Waals surface area contributed by atoms with Crippen molar-refractivity contribution in [2.45, 2.75) is 25.7 Å². The number of carbonyl (C=O) groups excluding carboxylic acids is 1. The first-order valence-corrected chi connectivity index (χ1v) is 7.17. The van der Waals surface area contributed by atoms with Crippen LogP contribution in [0.4, 0.5) is 0 Å². The van der Waals surface area contributed by atoms with Crippen LogP contribution in [0.3, 0.4) is 0 Å². The van der Waals surface area contributed by atoms with E-state index >= 15 is 0 Å². The lowest BCUT2D eigenvalue weighted by atomic mass is 10.1. The van der Waals surface area contributed by atoms with Crippen LogP contribution in [0.15, 0.2) is 35.3 Å². The Hall–Kier alpha value is -2.43. The van der Waals surface area contributed by atoms with Gasteiger partial charge in [-0.05, 0) is 43.0 Å². The molecule has 2 aromatic heterocycles. The summed E-state index contributed by atoms with van der Waals surface area (Å²) in [4.78, 5) is 31.0. The van der Waals surface area contributed by atoms with Crippen molar-refractivity contribution in [1.82, 2.24) is 15.3 Å². The Labute approximate surface area is 122 Å². The molecule has 0 fully saturated rings. The zero-order valence-electron chi connectivity index (χ0n) is 11.7. The molecule has 108 valence electrons. The number of aryl methyl sites for hydroxylation is 2. The first-order chi connectivity index (χ1) is 10.2. The van der Waals surface area contributed by atoms with Crippen molar-refractivity contribution in [3.05, 3.63) is 63.3 Å². The summed E-state index contributed by atoms with van der Waals surface area (Å²) in [6.07, 6.45) is 5.24. The van der Waals surface area contributed by atoms with Gasteiger partial charge in [-0.25, -0.2) is 0 Å². The highest BCUT2D eigenvalue weighted by atomic mass is 16.2. The van der Waals surface area contributed by atoms with Gasteiger partial charge in [0.05, 0.1) is 0 Å². The number of carbonyl (C=O) groups is 1. The van der Waals surface area contributed by atoms with Gasteiger partial charge in [0.25, 0.3) is 11.5 Å². The summed E-state index contributed by atoms with van der Waals surface area (Å²) in [5.41, 5.74) is 2.89. The summed E-state index contributed by atoms with van der Waals surface area (Å²) in [5.74, 6) is -0.318. The molecule has 1 amide bonds. The Morgan fingerprint density at radius 3 is 3.05 bits per heavy atom. The summed E-state index contributed by atoms with van der Waals surface area (Å²) in [6.45, 7) is 0.465. The fourth-order valence-electron chi connectivity index (χ4n) is 2.63. The number of fused-ring (bicyclic) bond motifs is 1. The van der Waals surface area contributed by atoms with E-state index in [2.05, 4.69) is 15.3 Å². The topological polar surface area (TPSA) is 74.8 Å². The minimum absolute atomic E-state index is 0.205. The average Bonchev–Trinajstić information content (AvgIpc) is 2.94. The SMILES string of the molecule is O=C(NCCc1ccccn1)c1cc2c([nH]c1=O)CCC2. The third-order valence-corrected chi connectivity index (χ3v) is 3.73. The van der Waals surface area contributed by atoms with Gasteiger partial charge < -0.3 is 10.3 Å². The quantitative estimate of drug-likeness (QED) is 0.886. The van der Waals surface area contributed by atoms with Crippen LogP contribution >= 0.6 is 0 Å². The first kappa shape index (κ1) is 13.5. The van der Waals surface area contributed by atoms with E-state index in [1.165, 1.54) is 0 Å². The van der Waals surface area contributed by atoms with E-state index in [0.717, 1.165) is 36.2 Å². The summed E-state index contributed by atoms with van der Waals surface area (Å²) < 4.78 is 0. The zero-order valence-corrected chi connectivity index (χ0v) is 11.7. The van der Waals surface area contributed by atoms with Gasteiger partial charge >= 0.3 is 0 Å². The molecule has 0 atom stereocenters. The second-order valence-electron chi connectivity index (χ2n) is 5.20. The fraction of sp³-hybridized carbons (Fsp3) is 0.312. The maximum Gasteiger partial charge on any atom is 0.261 e. The highest BCUT2D eigenvalue weighted by Gasteiger charge is 2.17. The summed E-state index contributed by atoms with van der Waals surface area (Å²) in [5, 5.41) is 2.78. The van der Waals surface area contributed by atoms with Crippen LogP contribution < -0.4 is 10.9 Å². The molecule has 1 aliphatic carbocycles. The van der Waals surface area contributed by atoms with E-state index in [4.69, 9.17) is 0 Å². The molecule has 5 heteroatoms. The van der Waals surface area contributed by atoms with Crippen molar-refractivity contribution in [2.75, 3.05) is 6.54 Å². The molecule has 0 saturated carbocycles. The molecule has 0 unspecified atom stereocenters. The smallest absolute Gasteiger partial charge is 0.261 e. The van der Waals surface area contributed by atoms with Crippen LogP contribution in [-0.4, -0.2) is 22.4 Å². The number of H-pyrrole nitrogens is 1. The molecule has 0 aromatic carbocycles. The minimum Gasteiger partial charge on any atom is -0.351 e. The number of hydrogen-bond donors (Lipinski definition) is 2. The van der Waals surface area contributed by atoms with Gasteiger partial charge in [0.2, 0.25) is 0 Å². The van der Waals surface area contributed by atoms with Crippen LogP contribution in [0.1, 0.15) is 33.7 Å². The van der Waals surface area contributed by atoms with Crippen molar-refractivity contribution < 1.29 is 4.79 Å². The Kier molecular flexibility index (Phi) is 3.81. The lowest BCUT2D eigenvalue weighted by molar-refractivity contribution is 0.0952. The normalized spacial score (nSPS) is 13.0. The van der Waals surface area contributed by atoms with Crippen LogP contribution in [0.5, 0.6) is 0 Å². The second-order valence-corrected chi connectivity index (χ2v) is 5.20. The number of amides is 1. The van der Waals surface area contributed by atoms with E-state index < -0.39 is 0 Å².